The first kappa shape index (κ1) is 27.4. The van der Waals surface area contributed by atoms with Gasteiger partial charge in [0, 0.05) is 11.6 Å². The number of unbranched alkanes of at least 4 members (excludes halogenated alkanes) is 13. The first-order valence-electron chi connectivity index (χ1n) is 13.0. The summed E-state index contributed by atoms with van der Waals surface area (Å²) in [6.07, 6.45) is 17.9. The Hall–Kier alpha value is -1.81. The molecule has 0 bridgehead atoms. The van der Waals surface area contributed by atoms with Crippen LogP contribution in [0.1, 0.15) is 115 Å². The number of hydrogen-bond donors (Lipinski definition) is 1. The minimum atomic E-state index is -0.533. The van der Waals surface area contributed by atoms with Crippen molar-refractivity contribution in [3.8, 4) is 0 Å². The molecule has 0 fully saturated rings. The topological polar surface area (TPSA) is 57.6 Å². The van der Waals surface area contributed by atoms with Crippen LogP contribution in [0.3, 0.4) is 0 Å². The van der Waals surface area contributed by atoms with Gasteiger partial charge in [-0.3, -0.25) is 9.59 Å². The maximum Gasteiger partial charge on any atom is 0.290 e. The second-order valence-electron chi connectivity index (χ2n) is 9.37. The van der Waals surface area contributed by atoms with E-state index in [1.807, 2.05) is 12.1 Å². The maximum absolute atomic E-state index is 12.7. The van der Waals surface area contributed by atoms with Crippen molar-refractivity contribution in [2.24, 2.45) is 0 Å². The molecule has 1 N–H and O–H groups in total. The van der Waals surface area contributed by atoms with E-state index >= 15 is 0 Å². The van der Waals surface area contributed by atoms with E-state index in [4.69, 9.17) is 11.6 Å². The van der Waals surface area contributed by atoms with Crippen LogP contribution >= 0.6 is 11.6 Å². The first-order chi connectivity index (χ1) is 16.0. The van der Waals surface area contributed by atoms with Crippen LogP contribution < -0.4 is 0 Å². The molecule has 1 aliphatic rings. The zero-order valence-corrected chi connectivity index (χ0v) is 21.3. The van der Waals surface area contributed by atoms with Gasteiger partial charge in [-0.05, 0) is 31.0 Å². The minimum Gasteiger partial charge on any atom is -0.503 e. The lowest BCUT2D eigenvalue weighted by Crippen LogP contribution is -2.32. The van der Waals surface area contributed by atoms with E-state index in [2.05, 4.69) is 6.92 Å². The van der Waals surface area contributed by atoms with Crippen molar-refractivity contribution >= 4 is 23.3 Å². The molecule has 1 heterocycles. The van der Waals surface area contributed by atoms with Crippen molar-refractivity contribution in [2.75, 3.05) is 6.54 Å². The number of halogens is 1. The molecule has 0 aromatic heterocycles. The molecule has 0 aliphatic carbocycles. The van der Waals surface area contributed by atoms with Crippen molar-refractivity contribution in [2.45, 2.75) is 110 Å². The molecule has 2 rings (SSSR count). The van der Waals surface area contributed by atoms with E-state index in [1.165, 1.54) is 77.6 Å². The number of hydrogen-bond acceptors (Lipinski definition) is 3. The van der Waals surface area contributed by atoms with Crippen LogP contribution in [0.5, 0.6) is 0 Å². The molecule has 1 atom stereocenters. The van der Waals surface area contributed by atoms with E-state index in [0.29, 0.717) is 11.6 Å². The van der Waals surface area contributed by atoms with E-state index < -0.39 is 17.7 Å². The summed E-state index contributed by atoms with van der Waals surface area (Å²) < 4.78 is 0. The molecule has 0 radical (unpaired) electrons. The summed E-state index contributed by atoms with van der Waals surface area (Å²) in [5.74, 6) is -1.13. The monoisotopic (exact) mass is 475 g/mol. The number of aliphatic hydroxyl groups is 1. The summed E-state index contributed by atoms with van der Waals surface area (Å²) in [7, 11) is 0. The number of nitrogens with zero attached hydrogens (tertiary/aromatic N) is 1. The number of benzene rings is 1. The van der Waals surface area contributed by atoms with Crippen molar-refractivity contribution in [3.05, 3.63) is 46.2 Å². The van der Waals surface area contributed by atoms with Gasteiger partial charge in [-0.15, -0.1) is 0 Å². The molecule has 5 heteroatoms. The van der Waals surface area contributed by atoms with Crippen LogP contribution in [-0.2, 0) is 9.59 Å². The second-order valence-corrected chi connectivity index (χ2v) is 9.80. The molecule has 1 amide bonds. The summed E-state index contributed by atoms with van der Waals surface area (Å²) >= 11 is 6.00. The van der Waals surface area contributed by atoms with Gasteiger partial charge in [-0.1, -0.05) is 114 Å². The fraction of sp³-hybridized carbons (Fsp3) is 0.643. The van der Waals surface area contributed by atoms with Gasteiger partial charge in [0.25, 0.3) is 5.91 Å². The minimum absolute atomic E-state index is 0.188. The summed E-state index contributed by atoms with van der Waals surface area (Å²) in [6.45, 7) is 4.19. The molecule has 0 spiro atoms. The summed E-state index contributed by atoms with van der Waals surface area (Å²) in [6, 6.07) is 6.60. The highest BCUT2D eigenvalue weighted by atomic mass is 35.5. The number of carbonyl (C=O) groups excluding carboxylic acids is 2. The van der Waals surface area contributed by atoms with E-state index in [-0.39, 0.29) is 11.4 Å². The van der Waals surface area contributed by atoms with Gasteiger partial charge in [0.15, 0.2) is 11.5 Å². The van der Waals surface area contributed by atoms with Gasteiger partial charge in [0.1, 0.15) is 0 Å². The summed E-state index contributed by atoms with van der Waals surface area (Å²) in [5, 5.41) is 10.9. The lowest BCUT2D eigenvalue weighted by atomic mass is 9.96. The van der Waals surface area contributed by atoms with Crippen molar-refractivity contribution in [3.63, 3.8) is 0 Å². The highest BCUT2D eigenvalue weighted by Gasteiger charge is 2.41. The molecular weight excluding hydrogens is 434 g/mol. The fourth-order valence-electron chi connectivity index (χ4n) is 4.71. The van der Waals surface area contributed by atoms with Gasteiger partial charge in [0.2, 0.25) is 0 Å². The van der Waals surface area contributed by atoms with Crippen LogP contribution in [0.25, 0.3) is 0 Å². The quantitative estimate of drug-likeness (QED) is 0.231. The van der Waals surface area contributed by atoms with E-state index in [9.17, 15) is 14.7 Å². The average Bonchev–Trinajstić information content (AvgIpc) is 3.05. The second kappa shape index (κ2) is 15.2. The van der Waals surface area contributed by atoms with Crippen LogP contribution in [0, 0.1) is 0 Å². The third kappa shape index (κ3) is 8.81. The molecule has 0 saturated carbocycles. The molecule has 1 aliphatic heterocycles. The highest BCUT2D eigenvalue weighted by molar-refractivity contribution is 6.30. The van der Waals surface area contributed by atoms with E-state index in [1.54, 1.807) is 17.0 Å². The number of ketones is 1. The van der Waals surface area contributed by atoms with Crippen molar-refractivity contribution in [1.82, 2.24) is 4.90 Å². The predicted octanol–water partition coefficient (Wildman–Crippen LogP) is 8.11. The Kier molecular flexibility index (Phi) is 12.6. The Bertz CT molecular complexity index is 772. The van der Waals surface area contributed by atoms with Gasteiger partial charge in [-0.2, -0.15) is 0 Å². The molecule has 1 unspecified atom stereocenters. The molecular formula is C28H42ClNO3. The van der Waals surface area contributed by atoms with Crippen molar-refractivity contribution in [1.29, 1.82) is 0 Å². The third-order valence-corrected chi connectivity index (χ3v) is 6.87. The Balaban J connectivity index is 1.68. The number of carbonyl (C=O) groups is 2. The van der Waals surface area contributed by atoms with Crippen LogP contribution in [0.2, 0.25) is 5.02 Å². The van der Waals surface area contributed by atoms with Gasteiger partial charge in [-0.25, -0.2) is 0 Å². The Morgan fingerprint density at radius 2 is 1.30 bits per heavy atom. The van der Waals surface area contributed by atoms with Gasteiger partial charge >= 0.3 is 0 Å². The van der Waals surface area contributed by atoms with Crippen LogP contribution in [0.4, 0.5) is 0 Å². The van der Waals surface area contributed by atoms with Crippen LogP contribution in [-0.4, -0.2) is 28.2 Å². The average molecular weight is 476 g/mol. The lowest BCUT2D eigenvalue weighted by Gasteiger charge is -2.26. The normalized spacial score (nSPS) is 16.2. The largest absolute Gasteiger partial charge is 0.503 e. The number of amides is 1. The standard InChI is InChI=1S/C28H42ClNO3/c1-3-4-5-6-7-8-9-10-11-12-13-14-15-16-21-30-26(23-17-19-24(29)20-18-23)25(22(2)31)27(32)28(30)33/h17-20,26,32H,3-16,21H2,1-2H3. The fourth-order valence-corrected chi connectivity index (χ4v) is 4.84. The van der Waals surface area contributed by atoms with Crippen LogP contribution in [0.15, 0.2) is 35.6 Å². The predicted molar refractivity (Wildman–Crippen MR) is 137 cm³/mol. The lowest BCUT2D eigenvalue weighted by molar-refractivity contribution is -0.129. The molecule has 184 valence electrons. The third-order valence-electron chi connectivity index (χ3n) is 6.62. The Labute approximate surface area is 205 Å². The Morgan fingerprint density at radius 1 is 0.848 bits per heavy atom. The van der Waals surface area contributed by atoms with Crippen molar-refractivity contribution < 1.29 is 14.7 Å². The molecule has 1 aromatic carbocycles. The Morgan fingerprint density at radius 3 is 1.76 bits per heavy atom. The number of aliphatic hydroxyl groups excluding tert-OH is 1. The highest BCUT2D eigenvalue weighted by Crippen LogP contribution is 2.38. The van der Waals surface area contributed by atoms with Gasteiger partial charge in [0.05, 0.1) is 11.6 Å². The maximum atomic E-state index is 12.7. The number of Topliss-reactive ketones (excluding diaryl/α,β-unsaturated/α-hetero) is 1. The SMILES string of the molecule is CCCCCCCCCCCCCCCCN1C(=O)C(O)=C(C(C)=O)C1c1ccc(Cl)cc1. The molecule has 1 aromatic rings. The zero-order chi connectivity index (χ0) is 24.1. The summed E-state index contributed by atoms with van der Waals surface area (Å²) in [5.41, 5.74) is 0.986. The molecule has 33 heavy (non-hydrogen) atoms. The smallest absolute Gasteiger partial charge is 0.290 e. The molecule has 0 saturated heterocycles. The molecule has 4 nitrogen and oxygen atoms in total. The van der Waals surface area contributed by atoms with E-state index in [0.717, 1.165) is 24.8 Å². The number of rotatable bonds is 17. The first-order valence-corrected chi connectivity index (χ1v) is 13.4. The summed E-state index contributed by atoms with van der Waals surface area (Å²) in [4.78, 5) is 26.5. The zero-order valence-electron chi connectivity index (χ0n) is 20.6. The van der Waals surface area contributed by atoms with Gasteiger partial charge < -0.3 is 10.0 Å².